The lowest BCUT2D eigenvalue weighted by atomic mass is 9.82. The number of amides is 4. The smallest absolute Gasteiger partial charge is 0.261 e. The SMILES string of the molecule is CCCCCCCCCCCCN1C(=O)c2ccc3c4ccc5c6c(ccc(c7ccc(c2c37)C1=O)c64)C(=O)N(Cc1cccc(N2CCCCC2)c1)C5=O. The van der Waals surface area contributed by atoms with Gasteiger partial charge in [0, 0.05) is 58.3 Å². The van der Waals surface area contributed by atoms with Crippen molar-refractivity contribution in [2.75, 3.05) is 24.5 Å². The fourth-order valence-electron chi connectivity index (χ4n) is 9.66. The predicted octanol–water partition coefficient (Wildman–Crippen LogP) is 11.0. The van der Waals surface area contributed by atoms with Crippen LogP contribution in [0.15, 0.2) is 72.8 Å². The van der Waals surface area contributed by atoms with Gasteiger partial charge in [0.15, 0.2) is 0 Å². The van der Waals surface area contributed by atoms with Gasteiger partial charge in [-0.3, -0.25) is 29.0 Å². The van der Waals surface area contributed by atoms with Crippen LogP contribution in [0.1, 0.15) is 137 Å². The fourth-order valence-corrected chi connectivity index (χ4v) is 9.66. The molecule has 0 aromatic heterocycles. The Hall–Kier alpha value is -5.30. The Kier molecular flexibility index (Phi) is 9.49. The molecule has 7 nitrogen and oxygen atoms in total. The number of benzene rings is 6. The highest BCUT2D eigenvalue weighted by Gasteiger charge is 2.37. The van der Waals surface area contributed by atoms with E-state index in [9.17, 15) is 19.2 Å². The quantitative estimate of drug-likeness (QED) is 0.0482. The van der Waals surface area contributed by atoms with Crippen molar-refractivity contribution in [1.29, 1.82) is 0 Å². The maximum absolute atomic E-state index is 14.2. The molecule has 4 amide bonds. The summed E-state index contributed by atoms with van der Waals surface area (Å²) in [6.07, 6.45) is 15.5. The number of imide groups is 2. The second-order valence-corrected chi connectivity index (χ2v) is 16.0. The Morgan fingerprint density at radius 1 is 0.473 bits per heavy atom. The average Bonchev–Trinajstić information content (AvgIpc) is 3.22. The van der Waals surface area contributed by atoms with Crippen LogP contribution in [0.25, 0.3) is 43.1 Å². The molecule has 0 saturated carbocycles. The van der Waals surface area contributed by atoms with Gasteiger partial charge in [0.05, 0.1) is 6.54 Å². The van der Waals surface area contributed by atoms with E-state index in [4.69, 9.17) is 0 Å². The van der Waals surface area contributed by atoms with Crippen LogP contribution in [0.4, 0.5) is 5.69 Å². The third-order valence-corrected chi connectivity index (χ3v) is 12.5. The monoisotopic (exact) mass is 731 g/mol. The number of carbonyl (C=O) groups excluding carboxylic acids is 4. The summed E-state index contributed by atoms with van der Waals surface area (Å²) in [5.41, 5.74) is 4.22. The number of fused-ring (bicyclic) bond motifs is 2. The second-order valence-electron chi connectivity index (χ2n) is 16.0. The van der Waals surface area contributed by atoms with Crippen molar-refractivity contribution in [1.82, 2.24) is 9.80 Å². The van der Waals surface area contributed by atoms with Crippen LogP contribution in [-0.2, 0) is 6.54 Å². The number of nitrogens with zero attached hydrogens (tertiary/aromatic N) is 3. The van der Waals surface area contributed by atoms with Crippen molar-refractivity contribution in [3.63, 3.8) is 0 Å². The Morgan fingerprint density at radius 3 is 1.42 bits per heavy atom. The molecule has 280 valence electrons. The van der Waals surface area contributed by atoms with Crippen molar-refractivity contribution < 1.29 is 19.2 Å². The van der Waals surface area contributed by atoms with Gasteiger partial charge in [-0.1, -0.05) is 101 Å². The van der Waals surface area contributed by atoms with Crippen LogP contribution < -0.4 is 4.90 Å². The average molecular weight is 732 g/mol. The van der Waals surface area contributed by atoms with Gasteiger partial charge in [-0.05, 0) is 100.0 Å². The number of carbonyl (C=O) groups is 4. The van der Waals surface area contributed by atoms with Gasteiger partial charge in [-0.2, -0.15) is 0 Å². The van der Waals surface area contributed by atoms with Crippen molar-refractivity contribution in [3.8, 4) is 0 Å². The first kappa shape index (κ1) is 35.4. The zero-order valence-electron chi connectivity index (χ0n) is 31.9. The molecular weight excluding hydrogens is 683 g/mol. The number of anilines is 1. The van der Waals surface area contributed by atoms with E-state index in [-0.39, 0.29) is 30.2 Å². The van der Waals surface area contributed by atoms with Crippen LogP contribution >= 0.6 is 0 Å². The summed E-state index contributed by atoms with van der Waals surface area (Å²) in [6.45, 7) is 4.92. The van der Waals surface area contributed by atoms with Gasteiger partial charge in [0.25, 0.3) is 23.6 Å². The van der Waals surface area contributed by atoms with E-state index in [1.54, 1.807) is 0 Å². The highest BCUT2D eigenvalue weighted by Crippen LogP contribution is 2.46. The third-order valence-electron chi connectivity index (χ3n) is 12.5. The molecule has 7 heteroatoms. The molecular formula is C48H49N3O4. The molecule has 6 aromatic rings. The van der Waals surface area contributed by atoms with Gasteiger partial charge in [-0.15, -0.1) is 0 Å². The largest absolute Gasteiger partial charge is 0.372 e. The zero-order valence-corrected chi connectivity index (χ0v) is 31.9. The second kappa shape index (κ2) is 14.7. The summed E-state index contributed by atoms with van der Waals surface area (Å²) in [5.74, 6) is -1.05. The minimum atomic E-state index is -0.292. The molecule has 0 spiro atoms. The van der Waals surface area contributed by atoms with Crippen molar-refractivity contribution >= 4 is 72.4 Å². The minimum absolute atomic E-state index is 0.204. The van der Waals surface area contributed by atoms with Crippen molar-refractivity contribution in [2.24, 2.45) is 0 Å². The summed E-state index contributed by atoms with van der Waals surface area (Å²) in [7, 11) is 0. The number of hydrogen-bond acceptors (Lipinski definition) is 5. The third kappa shape index (κ3) is 6.03. The molecule has 1 fully saturated rings. The molecule has 3 heterocycles. The molecule has 0 atom stereocenters. The van der Waals surface area contributed by atoms with E-state index in [0.29, 0.717) is 39.6 Å². The van der Waals surface area contributed by atoms with Crippen LogP contribution in [0.3, 0.4) is 0 Å². The highest BCUT2D eigenvalue weighted by atomic mass is 16.2. The Labute approximate surface area is 322 Å². The molecule has 9 rings (SSSR count). The summed E-state index contributed by atoms with van der Waals surface area (Å²) in [4.78, 5) is 61.6. The summed E-state index contributed by atoms with van der Waals surface area (Å²) >= 11 is 0. The summed E-state index contributed by atoms with van der Waals surface area (Å²) in [6, 6.07) is 23.6. The van der Waals surface area contributed by atoms with Crippen LogP contribution in [0.2, 0.25) is 0 Å². The van der Waals surface area contributed by atoms with E-state index in [1.165, 1.54) is 74.0 Å². The van der Waals surface area contributed by atoms with Crippen molar-refractivity contribution in [2.45, 2.75) is 96.9 Å². The first-order chi connectivity index (χ1) is 27.0. The summed E-state index contributed by atoms with van der Waals surface area (Å²) in [5, 5.41) is 6.76. The molecule has 0 bridgehead atoms. The predicted molar refractivity (Wildman–Crippen MR) is 222 cm³/mol. The minimum Gasteiger partial charge on any atom is -0.372 e. The maximum Gasteiger partial charge on any atom is 0.261 e. The summed E-state index contributed by atoms with van der Waals surface area (Å²) < 4.78 is 0. The van der Waals surface area contributed by atoms with Gasteiger partial charge >= 0.3 is 0 Å². The molecule has 0 aliphatic carbocycles. The Bertz CT molecular complexity index is 2380. The standard InChI is InChI=1S/C48H49N3O4/c1-2-3-4-5-6-7-8-9-10-14-28-50-45(52)37-22-18-33-35-20-24-39-44-40(25-21-36(42(35)44)34-19-23-38(46(50)53)43(37)41(33)34)48(55)51(47(39)54)30-31-16-15-17-32(29-31)49-26-12-11-13-27-49/h15-25,29H,2-14,26-28,30H2,1H3. The molecule has 1 saturated heterocycles. The van der Waals surface area contributed by atoms with Crippen LogP contribution in [0.5, 0.6) is 0 Å². The van der Waals surface area contributed by atoms with Gasteiger partial charge < -0.3 is 4.90 Å². The number of unbranched alkanes of at least 4 members (excludes halogenated alkanes) is 9. The van der Waals surface area contributed by atoms with Crippen LogP contribution in [-0.4, -0.2) is 53.1 Å². The number of piperidine rings is 1. The van der Waals surface area contributed by atoms with Gasteiger partial charge in [0.1, 0.15) is 0 Å². The molecule has 0 radical (unpaired) electrons. The lowest BCUT2D eigenvalue weighted by molar-refractivity contribution is 0.0587. The van der Waals surface area contributed by atoms with E-state index in [2.05, 4.69) is 24.0 Å². The van der Waals surface area contributed by atoms with Gasteiger partial charge in [0.2, 0.25) is 0 Å². The van der Waals surface area contributed by atoms with E-state index in [1.807, 2.05) is 60.7 Å². The van der Waals surface area contributed by atoms with Crippen molar-refractivity contribution in [3.05, 3.63) is 101 Å². The number of hydrogen-bond donors (Lipinski definition) is 0. The molecule has 0 N–H and O–H groups in total. The van der Waals surface area contributed by atoms with E-state index >= 15 is 0 Å². The Morgan fingerprint density at radius 2 is 0.927 bits per heavy atom. The molecule has 3 aliphatic heterocycles. The molecule has 0 unspecified atom stereocenters. The topological polar surface area (TPSA) is 78.0 Å². The first-order valence-corrected chi connectivity index (χ1v) is 20.7. The molecule has 3 aliphatic rings. The maximum atomic E-state index is 14.2. The van der Waals surface area contributed by atoms with E-state index < -0.39 is 0 Å². The number of rotatable bonds is 14. The molecule has 6 aromatic carbocycles. The lowest BCUT2D eigenvalue weighted by Gasteiger charge is -2.31. The van der Waals surface area contributed by atoms with Gasteiger partial charge in [-0.25, -0.2) is 0 Å². The first-order valence-electron chi connectivity index (χ1n) is 20.7. The zero-order chi connectivity index (χ0) is 37.6. The van der Waals surface area contributed by atoms with Crippen LogP contribution in [0, 0.1) is 0 Å². The molecule has 55 heavy (non-hydrogen) atoms. The highest BCUT2D eigenvalue weighted by molar-refractivity contribution is 6.41. The Balaban J connectivity index is 1.01. The van der Waals surface area contributed by atoms with E-state index in [0.717, 1.165) is 75.9 Å². The normalized spacial score (nSPS) is 15.9. The lowest BCUT2D eigenvalue weighted by Crippen LogP contribution is -2.41. The fraction of sp³-hybridized carbons (Fsp3) is 0.375.